The number of aliphatic hydroxyl groups is 1. The van der Waals surface area contributed by atoms with Crippen molar-refractivity contribution in [2.45, 2.75) is 5.60 Å². The number of hydrogen-bond acceptors (Lipinski definition) is 2. The van der Waals surface area contributed by atoms with Crippen molar-refractivity contribution in [2.24, 2.45) is 0 Å². The average Bonchev–Trinajstić information content (AvgIpc) is 2.15. The van der Waals surface area contributed by atoms with Crippen LogP contribution in [0.2, 0.25) is 0 Å². The van der Waals surface area contributed by atoms with E-state index in [9.17, 15) is 5.11 Å². The minimum atomic E-state index is -0.746. The summed E-state index contributed by atoms with van der Waals surface area (Å²) < 4.78 is 5.21. The number of methoxy groups -OCH3 is 1. The van der Waals surface area contributed by atoms with Crippen molar-refractivity contribution in [1.29, 1.82) is 0 Å². The Morgan fingerprint density at radius 3 is 2.64 bits per heavy atom. The van der Waals surface area contributed by atoms with E-state index in [0.29, 0.717) is 13.1 Å². The predicted octanol–water partition coefficient (Wildman–Crippen LogP) is -0.427. The number of ether oxygens (including phenoxy) is 1. The standard InChI is InChI=1S/C11H15NO2/c1-12-7-11(13,8-12)9-5-3-4-6-10(9)14-2/h3-6,12-13H,1,7-8H2,2H3. The van der Waals surface area contributed by atoms with Crippen molar-refractivity contribution < 1.29 is 14.7 Å². The number of rotatable bonds is 2. The van der Waals surface area contributed by atoms with Crippen LogP contribution in [0.25, 0.3) is 0 Å². The molecule has 0 spiro atoms. The molecule has 0 aliphatic carbocycles. The van der Waals surface area contributed by atoms with Gasteiger partial charge in [-0.25, -0.2) is 0 Å². The van der Waals surface area contributed by atoms with Crippen molar-refractivity contribution in [2.75, 3.05) is 20.2 Å². The Hall–Kier alpha value is -1.06. The molecule has 0 saturated carbocycles. The minimum Gasteiger partial charge on any atom is -0.496 e. The van der Waals surface area contributed by atoms with Gasteiger partial charge >= 0.3 is 0 Å². The number of nitrogens with one attached hydrogen (secondary N) is 1. The molecule has 0 radical (unpaired) electrons. The van der Waals surface area contributed by atoms with E-state index in [-0.39, 0.29) is 0 Å². The molecule has 3 nitrogen and oxygen atoms in total. The number of benzene rings is 1. The highest BCUT2D eigenvalue weighted by Gasteiger charge is 2.44. The van der Waals surface area contributed by atoms with Crippen LogP contribution in [0.1, 0.15) is 5.56 Å². The Morgan fingerprint density at radius 1 is 1.43 bits per heavy atom. The van der Waals surface area contributed by atoms with E-state index in [1.54, 1.807) is 7.11 Å². The van der Waals surface area contributed by atoms with Crippen LogP contribution in [-0.2, 0) is 5.60 Å². The number of hydrogen-bond donors (Lipinski definition) is 2. The molecule has 0 bridgehead atoms. The molecular formula is C11H15NO2. The monoisotopic (exact) mass is 193 g/mol. The highest BCUT2D eigenvalue weighted by Crippen LogP contribution is 2.30. The molecule has 14 heavy (non-hydrogen) atoms. The van der Waals surface area contributed by atoms with E-state index in [4.69, 9.17) is 4.74 Å². The molecule has 1 heterocycles. The van der Waals surface area contributed by atoms with Crippen LogP contribution in [-0.4, -0.2) is 25.3 Å². The summed E-state index contributed by atoms with van der Waals surface area (Å²) in [6.45, 7) is 1.29. The predicted molar refractivity (Wildman–Crippen MR) is 52.9 cm³/mol. The lowest BCUT2D eigenvalue weighted by Gasteiger charge is -2.45. The molecule has 1 aromatic carbocycles. The molecule has 0 unspecified atom stereocenters. The van der Waals surface area contributed by atoms with Gasteiger partial charge in [-0.2, -0.15) is 7.05 Å². The largest absolute Gasteiger partial charge is 0.496 e. The normalized spacial score (nSPS) is 30.9. The summed E-state index contributed by atoms with van der Waals surface area (Å²) in [6.07, 6.45) is 0. The maximum absolute atomic E-state index is 10.2. The van der Waals surface area contributed by atoms with E-state index in [0.717, 1.165) is 16.2 Å². The third-order valence-corrected chi connectivity index (χ3v) is 2.69. The Labute approximate surface area is 83.9 Å². The van der Waals surface area contributed by atoms with Gasteiger partial charge in [0.2, 0.25) is 0 Å². The molecule has 2 rings (SSSR count). The topological polar surface area (TPSA) is 33.9 Å². The van der Waals surface area contributed by atoms with Gasteiger partial charge in [0.15, 0.2) is 5.60 Å². The Kier molecular flexibility index (Phi) is 2.21. The lowest BCUT2D eigenvalue weighted by atomic mass is 9.86. The quantitative estimate of drug-likeness (QED) is 0.625. The fourth-order valence-electron chi connectivity index (χ4n) is 1.99. The molecule has 1 aliphatic heterocycles. The second-order valence-corrected chi connectivity index (χ2v) is 3.84. The van der Waals surface area contributed by atoms with Gasteiger partial charge in [-0.15, -0.1) is 0 Å². The minimum absolute atomic E-state index is 0.646. The molecule has 0 atom stereocenters. The zero-order valence-electron chi connectivity index (χ0n) is 8.29. The van der Waals surface area contributed by atoms with Crippen molar-refractivity contribution in [3.05, 3.63) is 36.9 Å². The van der Waals surface area contributed by atoms with Gasteiger partial charge in [0.25, 0.3) is 0 Å². The van der Waals surface area contributed by atoms with Crippen molar-refractivity contribution in [1.82, 2.24) is 0 Å². The third kappa shape index (κ3) is 1.38. The average molecular weight is 193 g/mol. The van der Waals surface area contributed by atoms with Crippen molar-refractivity contribution >= 4 is 0 Å². The highest BCUT2D eigenvalue weighted by molar-refractivity contribution is 5.38. The molecule has 0 aromatic heterocycles. The Morgan fingerprint density at radius 2 is 2.07 bits per heavy atom. The molecule has 1 aliphatic rings. The van der Waals surface area contributed by atoms with Crippen LogP contribution in [0.4, 0.5) is 0 Å². The SMILES string of the molecule is [CH2-][NH+]1CC(O)(c2ccccc2OC)C1. The van der Waals surface area contributed by atoms with Crippen LogP contribution < -0.4 is 9.64 Å². The summed E-state index contributed by atoms with van der Waals surface area (Å²) in [6, 6.07) is 7.59. The van der Waals surface area contributed by atoms with E-state index in [1.165, 1.54) is 0 Å². The Bertz CT molecular complexity index is 332. The van der Waals surface area contributed by atoms with E-state index in [1.807, 2.05) is 24.3 Å². The van der Waals surface area contributed by atoms with Crippen LogP contribution in [0.5, 0.6) is 5.75 Å². The second-order valence-electron chi connectivity index (χ2n) is 3.84. The summed E-state index contributed by atoms with van der Waals surface area (Å²) >= 11 is 0. The first-order chi connectivity index (χ1) is 6.65. The smallest absolute Gasteiger partial charge is 0.187 e. The number of likely N-dealkylation sites (tertiary alicyclic amines) is 1. The van der Waals surface area contributed by atoms with E-state index >= 15 is 0 Å². The van der Waals surface area contributed by atoms with Gasteiger partial charge in [-0.05, 0) is 6.07 Å². The molecule has 76 valence electrons. The number of para-hydroxylation sites is 1. The van der Waals surface area contributed by atoms with Crippen LogP contribution in [0.3, 0.4) is 0 Å². The fraction of sp³-hybridized carbons (Fsp3) is 0.364. The van der Waals surface area contributed by atoms with Gasteiger partial charge in [0, 0.05) is 5.56 Å². The van der Waals surface area contributed by atoms with Gasteiger partial charge < -0.3 is 14.7 Å². The molecule has 1 fully saturated rings. The first kappa shape index (κ1) is 9.49. The third-order valence-electron chi connectivity index (χ3n) is 2.69. The lowest BCUT2D eigenvalue weighted by molar-refractivity contribution is -0.922. The summed E-state index contributed by atoms with van der Waals surface area (Å²) in [4.78, 5) is 1.10. The molecule has 0 amide bonds. The van der Waals surface area contributed by atoms with Crippen molar-refractivity contribution in [3.63, 3.8) is 0 Å². The fourth-order valence-corrected chi connectivity index (χ4v) is 1.99. The summed E-state index contributed by atoms with van der Waals surface area (Å²) in [5.41, 5.74) is 0.124. The summed E-state index contributed by atoms with van der Waals surface area (Å²) in [7, 11) is 5.46. The molecule has 1 aromatic rings. The maximum Gasteiger partial charge on any atom is 0.187 e. The zero-order valence-corrected chi connectivity index (χ0v) is 8.29. The van der Waals surface area contributed by atoms with Gasteiger partial charge in [0.1, 0.15) is 5.75 Å². The van der Waals surface area contributed by atoms with Crippen LogP contribution >= 0.6 is 0 Å². The molecule has 1 saturated heterocycles. The van der Waals surface area contributed by atoms with Crippen molar-refractivity contribution in [3.8, 4) is 5.75 Å². The molecular weight excluding hydrogens is 178 g/mol. The Balaban J connectivity index is 2.32. The van der Waals surface area contributed by atoms with Gasteiger partial charge in [0.05, 0.1) is 20.2 Å². The van der Waals surface area contributed by atoms with Crippen LogP contribution in [0, 0.1) is 7.05 Å². The zero-order chi connectivity index (χ0) is 10.2. The van der Waals surface area contributed by atoms with E-state index < -0.39 is 5.60 Å². The highest BCUT2D eigenvalue weighted by atomic mass is 16.5. The van der Waals surface area contributed by atoms with Crippen LogP contribution in [0.15, 0.2) is 24.3 Å². The van der Waals surface area contributed by atoms with E-state index in [2.05, 4.69) is 7.05 Å². The molecule has 3 heteroatoms. The van der Waals surface area contributed by atoms with Gasteiger partial charge in [-0.1, -0.05) is 18.2 Å². The van der Waals surface area contributed by atoms with Gasteiger partial charge in [-0.3, -0.25) is 0 Å². The summed E-state index contributed by atoms with van der Waals surface area (Å²) in [5, 5.41) is 10.2. The number of quaternary nitrogens is 1. The first-order valence-corrected chi connectivity index (χ1v) is 4.68. The first-order valence-electron chi connectivity index (χ1n) is 4.68. The lowest BCUT2D eigenvalue weighted by Crippen LogP contribution is -3.19. The second kappa shape index (κ2) is 3.26. The molecule has 2 N–H and O–H groups in total. The maximum atomic E-state index is 10.2. The summed E-state index contributed by atoms with van der Waals surface area (Å²) in [5.74, 6) is 0.752.